The molecule has 548 valence electrons. The number of likely N-dealkylation sites (N-methyl/N-ethyl adjacent to an activating group) is 1. The van der Waals surface area contributed by atoms with Crippen LogP contribution in [0, 0.1) is 5.92 Å². The van der Waals surface area contributed by atoms with Crippen molar-refractivity contribution in [3.8, 4) is 57.1 Å². The summed E-state index contributed by atoms with van der Waals surface area (Å²) in [5, 5.41) is 141. The lowest BCUT2D eigenvalue weighted by atomic mass is 9.86. The molecule has 7 amide bonds. The minimum absolute atomic E-state index is 0.103. The van der Waals surface area contributed by atoms with E-state index in [0.29, 0.717) is 0 Å². The minimum Gasteiger partial charge on any atom is -0.508 e. The lowest BCUT2D eigenvalue weighted by Gasteiger charge is -2.47. The normalized spacial score (nSPS) is 29.3. The number of carboxylic acid groups (broad SMARTS) is 1. The molecule has 0 spiro atoms. The molecule has 5 aromatic carbocycles. The molecule has 2 saturated heterocycles. The predicted octanol–water partition coefficient (Wildman–Crippen LogP) is 0.126. The van der Waals surface area contributed by atoms with Crippen molar-refractivity contribution >= 4 is 70.5 Å². The number of fused-ring (bicyclic) bond motifs is 15. The molecule has 0 unspecified atom stereocenters. The van der Waals surface area contributed by atoms with Gasteiger partial charge in [0.1, 0.15) is 95.6 Å². The average molecular weight is 1470 g/mol. The fourth-order valence-corrected chi connectivity index (χ4v) is 13.0. The standard InChI is InChI=1S/C66H75Cl2N9O25/c1-23(2)12-34(70-5)58(88)75-49-51(83)26-7-10-38(32(67)14-26)98-40-16-28-17-41(55(40)102-65-56(54(86)53(85)42(22-78)100-65)101-44-21-66(4,77-96)57(87)24(3)97-44)99-39-11-8-27(15-33(39)68)52(84)50-63(93)74-48(64(94)95)31-18-29(79)19-37(81)45(31)30-13-25(6-9-36(30)80)46(60(90)76-50)73-61(91)47(28)72-59(89)35(20-43(69)82)71-62(49)92/h6-11,13-19,23-24,34-35,42,44,46-54,56-57,65,70,77-81,83-87,96H,12,20-22H2,1-5H3,(H2,69,82)(H,71,92)(H,72,89)(H,73,91)(H,74,93)(H,75,88)(H,76,90)(H,94,95)/t24-,34+,35-,42+,44-,46+,47+,48-,49+,50-,51+,52+,53+,54-,56+,57+,65-,66-/m0/s1. The van der Waals surface area contributed by atoms with Crippen LogP contribution in [0.4, 0.5) is 0 Å². The summed E-state index contributed by atoms with van der Waals surface area (Å²) in [7, 11) is 1.47. The Morgan fingerprint density at radius 1 is 0.716 bits per heavy atom. The van der Waals surface area contributed by atoms with Crippen molar-refractivity contribution in [2.75, 3.05) is 13.7 Å². The summed E-state index contributed by atoms with van der Waals surface area (Å²) in [6, 6.07) is -0.868. The average Bonchev–Trinajstić information content (AvgIpc) is 0.768. The molecule has 2 fully saturated rings. The molecule has 5 aromatic rings. The van der Waals surface area contributed by atoms with Gasteiger partial charge in [-0.3, -0.25) is 33.6 Å². The molecule has 0 aliphatic carbocycles. The zero-order chi connectivity index (χ0) is 74.2. The van der Waals surface area contributed by atoms with E-state index in [0.717, 1.165) is 66.7 Å². The molecule has 7 aliphatic heterocycles. The first-order valence-electron chi connectivity index (χ1n) is 31.8. The second-order valence-electron chi connectivity index (χ2n) is 25.7. The maximum absolute atomic E-state index is 16.0. The highest BCUT2D eigenvalue weighted by atomic mass is 35.5. The van der Waals surface area contributed by atoms with Gasteiger partial charge < -0.3 is 128 Å². The highest BCUT2D eigenvalue weighted by Gasteiger charge is 2.52. The number of carbonyl (C=O) groups excluding carboxylic acids is 7. The van der Waals surface area contributed by atoms with Crippen LogP contribution in [0.25, 0.3) is 11.1 Å². The highest BCUT2D eigenvalue weighted by molar-refractivity contribution is 6.32. The van der Waals surface area contributed by atoms with Crippen LogP contribution in [-0.4, -0.2) is 196 Å². The predicted molar refractivity (Wildman–Crippen MR) is 350 cm³/mol. The molecule has 12 rings (SSSR count). The number of aliphatic carboxylic acids is 1. The van der Waals surface area contributed by atoms with E-state index >= 15 is 14.4 Å². The van der Waals surface area contributed by atoms with E-state index in [4.69, 9.17) is 57.4 Å². The Morgan fingerprint density at radius 2 is 1.32 bits per heavy atom. The number of rotatable bonds is 14. The fourth-order valence-electron chi connectivity index (χ4n) is 12.6. The number of halogens is 2. The van der Waals surface area contributed by atoms with Crippen LogP contribution in [0.2, 0.25) is 10.0 Å². The number of carboxylic acids is 1. The van der Waals surface area contributed by atoms with Gasteiger partial charge in [-0.25, -0.2) is 4.79 Å². The fraction of sp³-hybridized carbons (Fsp3) is 0.424. The number of amides is 7. The summed E-state index contributed by atoms with van der Waals surface area (Å²) in [6.07, 6.45) is -19.2. The van der Waals surface area contributed by atoms with Gasteiger partial charge in [-0.05, 0) is 110 Å². The van der Waals surface area contributed by atoms with Crippen molar-refractivity contribution in [1.82, 2.24) is 42.7 Å². The third-order valence-electron chi connectivity index (χ3n) is 18.0. The van der Waals surface area contributed by atoms with E-state index in [1.165, 1.54) is 33.0 Å². The zero-order valence-electron chi connectivity index (χ0n) is 54.7. The van der Waals surface area contributed by atoms with Gasteiger partial charge in [0.25, 0.3) is 0 Å². The van der Waals surface area contributed by atoms with Crippen molar-refractivity contribution in [1.29, 1.82) is 0 Å². The SMILES string of the molecule is CN[C@H](CC(C)C)C(=O)N[C@H]1C(=O)N[C@@H](CC(N)=O)C(=O)N[C@H]2C(=O)N[C@H]3C(=O)N[C@H](C(=O)N[C@H](C(=O)O)c4cc(O)cc(O)c4-c4cc3ccc4O)[C@H](O)c3ccc(c(Cl)c3)Oc3cc2cc(c3O[C@@H]2O[C@H](CO)[C@@H](O)[C@H](O)[C@H]2O[C@H]2C[C@](C)(NO)[C@H](O)[C@H](C)O2)Oc2ccc(cc2Cl)[C@H]1O. The summed E-state index contributed by atoms with van der Waals surface area (Å²) in [5.41, 5.74) is 3.33. The van der Waals surface area contributed by atoms with Crippen LogP contribution in [0.5, 0.6) is 46.0 Å². The number of phenols is 3. The van der Waals surface area contributed by atoms with E-state index in [-0.39, 0.29) is 46.2 Å². The van der Waals surface area contributed by atoms with E-state index in [9.17, 15) is 80.2 Å². The third kappa shape index (κ3) is 15.7. The highest BCUT2D eigenvalue weighted by Crippen LogP contribution is 2.50. The van der Waals surface area contributed by atoms with Gasteiger partial charge in [0.15, 0.2) is 29.9 Å². The van der Waals surface area contributed by atoms with Crippen LogP contribution in [-0.2, 0) is 52.6 Å². The number of aromatic hydroxyl groups is 3. The minimum atomic E-state index is -2.36. The van der Waals surface area contributed by atoms with Crippen LogP contribution >= 0.6 is 23.2 Å². The second-order valence-corrected chi connectivity index (χ2v) is 26.6. The van der Waals surface area contributed by atoms with Crippen molar-refractivity contribution in [2.24, 2.45) is 11.7 Å². The van der Waals surface area contributed by atoms with E-state index in [1.54, 1.807) is 0 Å². The Hall–Kier alpha value is -9.24. The van der Waals surface area contributed by atoms with Crippen LogP contribution in [0.3, 0.4) is 0 Å². The smallest absolute Gasteiger partial charge is 0.330 e. The summed E-state index contributed by atoms with van der Waals surface area (Å²) in [4.78, 5) is 117. The molecule has 36 heteroatoms. The van der Waals surface area contributed by atoms with Crippen molar-refractivity contribution < 1.29 is 123 Å². The summed E-state index contributed by atoms with van der Waals surface area (Å²) >= 11 is 14.1. The van der Waals surface area contributed by atoms with Gasteiger partial charge in [0.2, 0.25) is 53.4 Å². The Morgan fingerprint density at radius 3 is 1.91 bits per heavy atom. The molecule has 0 aromatic heterocycles. The number of aliphatic hydroxyl groups is 6. The summed E-state index contributed by atoms with van der Waals surface area (Å²) in [5.74, 6) is -16.2. The molecule has 0 radical (unpaired) electrons. The van der Waals surface area contributed by atoms with Crippen LogP contribution in [0.15, 0.2) is 78.9 Å². The number of hydroxylamine groups is 1. The molecule has 21 N–H and O–H groups in total. The number of primary amides is 1. The number of hydrogen-bond donors (Lipinski definition) is 20. The molecule has 18 atom stereocenters. The first-order chi connectivity index (χ1) is 48.2. The summed E-state index contributed by atoms with van der Waals surface area (Å²) in [6.45, 7) is 5.49. The number of nitrogens with two attached hydrogens (primary N) is 1. The second kappa shape index (κ2) is 30.8. The first kappa shape index (κ1) is 75.4. The van der Waals surface area contributed by atoms with Crippen LogP contribution in [0.1, 0.15) is 105 Å². The Balaban J connectivity index is 1.24. The Kier molecular flexibility index (Phi) is 22.7. The van der Waals surface area contributed by atoms with Gasteiger partial charge in [-0.1, -0.05) is 55.2 Å². The largest absolute Gasteiger partial charge is 0.508 e. The number of nitrogens with one attached hydrogen (secondary N) is 8. The molecule has 34 nitrogen and oxygen atoms in total. The topological polar surface area (TPSA) is 537 Å². The number of hydrogen-bond acceptors (Lipinski definition) is 26. The van der Waals surface area contributed by atoms with Crippen molar-refractivity contribution in [3.63, 3.8) is 0 Å². The van der Waals surface area contributed by atoms with Crippen molar-refractivity contribution in [3.05, 3.63) is 117 Å². The van der Waals surface area contributed by atoms with Gasteiger partial charge in [0.05, 0.1) is 40.8 Å². The summed E-state index contributed by atoms with van der Waals surface area (Å²) < 4.78 is 38.3. The maximum atomic E-state index is 16.0. The Bertz CT molecular complexity index is 4100. The van der Waals surface area contributed by atoms with E-state index in [2.05, 4.69) is 37.2 Å². The number of ether oxygens (including phenoxy) is 6. The molecule has 11 bridgehead atoms. The quantitative estimate of drug-likeness (QED) is 0.0657. The Labute approximate surface area is 589 Å². The first-order valence-corrected chi connectivity index (χ1v) is 32.6. The lowest BCUT2D eigenvalue weighted by molar-refractivity contribution is -0.337. The van der Waals surface area contributed by atoms with Gasteiger partial charge >= 0.3 is 5.97 Å². The van der Waals surface area contributed by atoms with E-state index in [1.807, 2.05) is 19.3 Å². The van der Waals surface area contributed by atoms with Gasteiger partial charge in [-0.2, -0.15) is 5.48 Å². The molecular weight excluding hydrogens is 1390 g/mol. The lowest BCUT2D eigenvalue weighted by Crippen LogP contribution is -2.65. The number of aliphatic hydroxyl groups excluding tert-OH is 6. The maximum Gasteiger partial charge on any atom is 0.330 e. The molecule has 102 heavy (non-hydrogen) atoms. The zero-order valence-corrected chi connectivity index (χ0v) is 56.2. The van der Waals surface area contributed by atoms with Crippen molar-refractivity contribution in [2.45, 2.75) is 156 Å². The molecule has 7 aliphatic rings. The number of benzene rings is 5. The van der Waals surface area contributed by atoms with E-state index < -0.39 is 237 Å². The molecular formula is C66H75Cl2N9O25. The third-order valence-corrected chi connectivity index (χ3v) is 18.6. The monoisotopic (exact) mass is 1460 g/mol. The molecule has 7 heterocycles. The van der Waals surface area contributed by atoms with Crippen LogP contribution < -0.4 is 62.6 Å². The number of carbonyl (C=O) groups is 8. The molecule has 0 saturated carbocycles. The van der Waals surface area contributed by atoms with Gasteiger partial charge in [-0.15, -0.1) is 0 Å². The van der Waals surface area contributed by atoms with Gasteiger partial charge in [0, 0.05) is 29.2 Å². The number of phenolic OH excluding ortho intramolecular Hbond substituents is 3.